The van der Waals surface area contributed by atoms with Crippen LogP contribution in [0, 0.1) is 25.2 Å². The van der Waals surface area contributed by atoms with E-state index in [0.29, 0.717) is 6.42 Å². The summed E-state index contributed by atoms with van der Waals surface area (Å²) in [4.78, 5) is 0. The predicted octanol–water partition coefficient (Wildman–Crippen LogP) is 3.91. The molecular weight excluding hydrogens is 238 g/mol. The molecule has 0 unspecified atom stereocenters. The molecule has 1 nitrogen and oxygen atoms in total. The molecule has 0 heterocycles. The Bertz CT molecular complexity index is 340. The number of benzene rings is 1. The van der Waals surface area contributed by atoms with E-state index in [-0.39, 0.29) is 0 Å². The van der Waals surface area contributed by atoms with Crippen molar-refractivity contribution in [1.29, 1.82) is 5.26 Å². The number of hydrogen-bond acceptors (Lipinski definition) is 1. The number of aryl methyl sites for hydroxylation is 3. The first-order valence-electron chi connectivity index (χ1n) is 4.77. The van der Waals surface area contributed by atoms with Crippen LogP contribution in [-0.2, 0) is 6.42 Å². The average molecular weight is 252 g/mol. The van der Waals surface area contributed by atoms with Crippen LogP contribution in [0.3, 0.4) is 0 Å². The van der Waals surface area contributed by atoms with E-state index in [1.165, 1.54) is 21.2 Å². The van der Waals surface area contributed by atoms with Gasteiger partial charge in [-0.1, -0.05) is 28.1 Å². The summed E-state index contributed by atoms with van der Waals surface area (Å²) in [5, 5.41) is 8.44. The Morgan fingerprint density at radius 3 is 2.36 bits per heavy atom. The molecule has 0 saturated heterocycles. The Balaban J connectivity index is 2.75. The van der Waals surface area contributed by atoms with E-state index >= 15 is 0 Å². The fourth-order valence-electron chi connectivity index (χ4n) is 1.55. The zero-order valence-electron chi connectivity index (χ0n) is 8.60. The van der Waals surface area contributed by atoms with Crippen LogP contribution >= 0.6 is 15.9 Å². The minimum absolute atomic E-state index is 0.647. The van der Waals surface area contributed by atoms with Crippen molar-refractivity contribution in [1.82, 2.24) is 0 Å². The van der Waals surface area contributed by atoms with Gasteiger partial charge in [0, 0.05) is 10.9 Å². The molecule has 0 radical (unpaired) electrons. The van der Waals surface area contributed by atoms with Gasteiger partial charge in [-0.15, -0.1) is 0 Å². The highest BCUT2D eigenvalue weighted by Crippen LogP contribution is 2.23. The molecule has 2 heteroatoms. The summed E-state index contributed by atoms with van der Waals surface area (Å²) in [5.41, 5.74) is 3.88. The first-order chi connectivity index (χ1) is 6.65. The molecular formula is C12H14BrN. The minimum atomic E-state index is 0.647. The molecule has 0 bridgehead atoms. The Kier molecular flexibility index (Phi) is 4.16. The second kappa shape index (κ2) is 5.17. The topological polar surface area (TPSA) is 23.8 Å². The molecule has 1 aromatic carbocycles. The van der Waals surface area contributed by atoms with Crippen molar-refractivity contribution in [2.75, 3.05) is 0 Å². The summed E-state index contributed by atoms with van der Waals surface area (Å²) in [6.45, 7) is 4.20. The Hall–Kier alpha value is -0.810. The number of hydrogen-bond donors (Lipinski definition) is 0. The van der Waals surface area contributed by atoms with Crippen LogP contribution in [0.15, 0.2) is 16.6 Å². The van der Waals surface area contributed by atoms with Crippen LogP contribution in [0.1, 0.15) is 29.5 Å². The fourth-order valence-corrected chi connectivity index (χ4v) is 1.78. The number of nitriles is 1. The third-order valence-corrected chi connectivity index (χ3v) is 3.50. The maximum atomic E-state index is 8.44. The molecule has 0 aliphatic heterocycles. The number of unbranched alkanes of at least 4 members (excludes halogenated alkanes) is 1. The highest BCUT2D eigenvalue weighted by Gasteiger charge is 2.01. The lowest BCUT2D eigenvalue weighted by Crippen LogP contribution is -1.90. The zero-order chi connectivity index (χ0) is 10.6. The van der Waals surface area contributed by atoms with Crippen molar-refractivity contribution in [3.8, 4) is 6.07 Å². The van der Waals surface area contributed by atoms with Gasteiger partial charge in [-0.3, -0.25) is 0 Å². The second-order valence-electron chi connectivity index (χ2n) is 3.56. The summed E-state index contributed by atoms with van der Waals surface area (Å²) < 4.78 is 1.20. The maximum Gasteiger partial charge on any atom is 0.0621 e. The largest absolute Gasteiger partial charge is 0.198 e. The van der Waals surface area contributed by atoms with Gasteiger partial charge in [-0.2, -0.15) is 5.26 Å². The Morgan fingerprint density at radius 1 is 1.29 bits per heavy atom. The van der Waals surface area contributed by atoms with Gasteiger partial charge in [-0.05, 0) is 43.4 Å². The first kappa shape index (κ1) is 11.3. The molecule has 0 saturated carbocycles. The lowest BCUT2D eigenvalue weighted by molar-refractivity contribution is 0.848. The molecule has 1 aromatic rings. The number of halogens is 1. The highest BCUT2D eigenvalue weighted by atomic mass is 79.9. The van der Waals surface area contributed by atoms with E-state index in [4.69, 9.17) is 5.26 Å². The Labute approximate surface area is 93.9 Å². The number of rotatable bonds is 3. The van der Waals surface area contributed by atoms with Crippen LogP contribution in [0.5, 0.6) is 0 Å². The molecule has 0 aromatic heterocycles. The average Bonchev–Trinajstić information content (AvgIpc) is 2.14. The van der Waals surface area contributed by atoms with Crippen LogP contribution in [-0.4, -0.2) is 0 Å². The lowest BCUT2D eigenvalue weighted by atomic mass is 10.0. The van der Waals surface area contributed by atoms with E-state index < -0.39 is 0 Å². The van der Waals surface area contributed by atoms with Crippen LogP contribution in [0.2, 0.25) is 0 Å². The Morgan fingerprint density at radius 2 is 1.86 bits per heavy atom. The van der Waals surface area contributed by atoms with Gasteiger partial charge >= 0.3 is 0 Å². The van der Waals surface area contributed by atoms with Gasteiger partial charge in [0.2, 0.25) is 0 Å². The third kappa shape index (κ3) is 2.85. The van der Waals surface area contributed by atoms with Crippen molar-refractivity contribution in [2.45, 2.75) is 33.1 Å². The molecule has 0 amide bonds. The first-order valence-corrected chi connectivity index (χ1v) is 5.57. The van der Waals surface area contributed by atoms with Crippen molar-refractivity contribution >= 4 is 15.9 Å². The van der Waals surface area contributed by atoms with E-state index in [9.17, 15) is 0 Å². The zero-order valence-corrected chi connectivity index (χ0v) is 10.2. The standard InChI is InChI=1S/C12H14BrN/c1-9-7-11(5-3-4-6-14)8-10(2)12(9)13/h7-8H,3-5H2,1-2H3. The molecule has 0 N–H and O–H groups in total. The molecule has 0 spiro atoms. The minimum Gasteiger partial charge on any atom is -0.198 e. The van der Waals surface area contributed by atoms with Gasteiger partial charge < -0.3 is 0 Å². The van der Waals surface area contributed by atoms with Crippen LogP contribution < -0.4 is 0 Å². The van der Waals surface area contributed by atoms with Crippen molar-refractivity contribution < 1.29 is 0 Å². The summed E-state index contributed by atoms with van der Waals surface area (Å²) in [7, 11) is 0. The van der Waals surface area contributed by atoms with Gasteiger partial charge in [0.25, 0.3) is 0 Å². The van der Waals surface area contributed by atoms with Gasteiger partial charge in [0.05, 0.1) is 6.07 Å². The second-order valence-corrected chi connectivity index (χ2v) is 4.35. The van der Waals surface area contributed by atoms with Crippen LogP contribution in [0.25, 0.3) is 0 Å². The predicted molar refractivity (Wildman–Crippen MR) is 62.2 cm³/mol. The maximum absolute atomic E-state index is 8.44. The molecule has 0 atom stereocenters. The summed E-state index contributed by atoms with van der Waals surface area (Å²) in [5.74, 6) is 0. The molecule has 14 heavy (non-hydrogen) atoms. The summed E-state index contributed by atoms with van der Waals surface area (Å²) in [6.07, 6.45) is 2.60. The number of nitrogens with zero attached hydrogens (tertiary/aromatic N) is 1. The SMILES string of the molecule is Cc1cc(CCCC#N)cc(C)c1Br. The molecule has 1 rings (SSSR count). The van der Waals surface area contributed by atoms with E-state index in [1.807, 2.05) is 0 Å². The van der Waals surface area contributed by atoms with Crippen molar-refractivity contribution in [2.24, 2.45) is 0 Å². The highest BCUT2D eigenvalue weighted by molar-refractivity contribution is 9.10. The molecule has 0 aliphatic rings. The third-order valence-electron chi connectivity index (χ3n) is 2.25. The van der Waals surface area contributed by atoms with Gasteiger partial charge in [-0.25, -0.2) is 0 Å². The van der Waals surface area contributed by atoms with Gasteiger partial charge in [0.15, 0.2) is 0 Å². The van der Waals surface area contributed by atoms with Crippen molar-refractivity contribution in [3.05, 3.63) is 33.3 Å². The molecule has 74 valence electrons. The lowest BCUT2D eigenvalue weighted by Gasteiger charge is -2.06. The van der Waals surface area contributed by atoms with E-state index in [1.54, 1.807) is 0 Å². The summed E-state index contributed by atoms with van der Waals surface area (Å²) >= 11 is 3.54. The quantitative estimate of drug-likeness (QED) is 0.748. The monoisotopic (exact) mass is 251 g/mol. The van der Waals surface area contributed by atoms with E-state index in [0.717, 1.165) is 12.8 Å². The molecule has 0 fully saturated rings. The summed E-state index contributed by atoms with van der Waals surface area (Å²) in [6, 6.07) is 6.55. The smallest absolute Gasteiger partial charge is 0.0621 e. The fraction of sp³-hybridized carbons (Fsp3) is 0.417. The van der Waals surface area contributed by atoms with E-state index in [2.05, 4.69) is 48.0 Å². The van der Waals surface area contributed by atoms with Crippen molar-refractivity contribution in [3.63, 3.8) is 0 Å². The van der Waals surface area contributed by atoms with Crippen LogP contribution in [0.4, 0.5) is 0 Å². The van der Waals surface area contributed by atoms with Gasteiger partial charge in [0.1, 0.15) is 0 Å². The molecule has 0 aliphatic carbocycles. The normalized spacial score (nSPS) is 9.86.